The Kier molecular flexibility index (Phi) is 5.66. The smallest absolute Gasteiger partial charge is 0.285 e. The Morgan fingerprint density at radius 2 is 1.61 bits per heavy atom. The predicted octanol–water partition coefficient (Wildman–Crippen LogP) is 3.46. The molecule has 0 radical (unpaired) electrons. The van der Waals surface area contributed by atoms with Crippen molar-refractivity contribution < 1.29 is 17.6 Å². The highest BCUT2D eigenvalue weighted by Gasteiger charge is 2.34. The molecule has 2 aromatic rings. The molecule has 2 aliphatic rings. The van der Waals surface area contributed by atoms with Crippen molar-refractivity contribution in [2.45, 2.75) is 20.3 Å². The van der Waals surface area contributed by atoms with Gasteiger partial charge in [-0.2, -0.15) is 8.42 Å². The zero-order valence-electron chi connectivity index (χ0n) is 17.5. The molecule has 0 bridgehead atoms. The number of hydrogen-bond donors (Lipinski definition) is 0. The molecule has 4 rings (SSSR count). The average Bonchev–Trinajstić information content (AvgIpc) is 2.90. The maximum absolute atomic E-state index is 13.3. The monoisotopic (exact) mass is 441 g/mol. The van der Waals surface area contributed by atoms with Crippen molar-refractivity contribution in [3.8, 4) is 0 Å². The van der Waals surface area contributed by atoms with Crippen LogP contribution >= 0.6 is 0 Å². The first kappa shape index (κ1) is 21.2. The minimum Gasteiger partial charge on any atom is -0.354 e. The summed E-state index contributed by atoms with van der Waals surface area (Å²) in [7, 11) is -3.87. The maximum Gasteiger partial charge on any atom is 0.285 e. The second-order valence-electron chi connectivity index (χ2n) is 7.85. The molecule has 1 saturated heterocycles. The van der Waals surface area contributed by atoms with E-state index >= 15 is 0 Å². The van der Waals surface area contributed by atoms with Gasteiger partial charge in [0.1, 0.15) is 16.6 Å². The Morgan fingerprint density at radius 3 is 2.29 bits per heavy atom. The Bertz CT molecular complexity index is 1170. The lowest BCUT2D eigenvalue weighted by molar-refractivity contribution is 0.0764. The van der Waals surface area contributed by atoms with E-state index in [0.717, 1.165) is 5.56 Å². The molecule has 1 fully saturated rings. The average molecular weight is 442 g/mol. The van der Waals surface area contributed by atoms with Crippen LogP contribution in [-0.4, -0.2) is 56.1 Å². The summed E-state index contributed by atoms with van der Waals surface area (Å²) in [5.41, 5.74) is 2.71. The quantitative estimate of drug-likeness (QED) is 0.716. The van der Waals surface area contributed by atoms with Gasteiger partial charge in [0.05, 0.1) is 0 Å². The summed E-state index contributed by atoms with van der Waals surface area (Å²) in [5, 5.41) is 0. The number of amidine groups is 1. The molecule has 162 valence electrons. The van der Waals surface area contributed by atoms with E-state index in [4.69, 9.17) is 0 Å². The molecule has 0 aromatic heterocycles. The van der Waals surface area contributed by atoms with Crippen LogP contribution in [0.3, 0.4) is 0 Å². The third-order valence-electron chi connectivity index (χ3n) is 5.63. The zero-order chi connectivity index (χ0) is 22.2. The molecule has 31 heavy (non-hydrogen) atoms. The first-order valence-electron chi connectivity index (χ1n) is 10.2. The van der Waals surface area contributed by atoms with Crippen molar-refractivity contribution in [3.05, 3.63) is 76.6 Å². The number of hydrogen-bond acceptors (Lipinski definition) is 4. The molecule has 0 unspecified atom stereocenters. The molecular weight excluding hydrogens is 417 g/mol. The summed E-state index contributed by atoms with van der Waals surface area (Å²) >= 11 is 0. The molecule has 6 nitrogen and oxygen atoms in total. The number of halogens is 1. The van der Waals surface area contributed by atoms with Gasteiger partial charge in [0.25, 0.3) is 15.9 Å². The summed E-state index contributed by atoms with van der Waals surface area (Å²) in [6.45, 7) is 5.86. The molecule has 0 aliphatic carbocycles. The third-order valence-corrected chi connectivity index (χ3v) is 7.10. The molecule has 2 heterocycles. The normalized spacial score (nSPS) is 18.7. The lowest BCUT2D eigenvalue weighted by Gasteiger charge is -2.24. The van der Waals surface area contributed by atoms with Crippen LogP contribution in [0.5, 0.6) is 0 Å². The third kappa shape index (κ3) is 4.25. The van der Waals surface area contributed by atoms with Crippen LogP contribution in [0.2, 0.25) is 0 Å². The van der Waals surface area contributed by atoms with Crippen LogP contribution in [0, 0.1) is 12.7 Å². The van der Waals surface area contributed by atoms with Crippen molar-refractivity contribution in [3.63, 3.8) is 0 Å². The number of carbonyl (C=O) groups is 1. The first-order valence-corrected chi connectivity index (χ1v) is 11.6. The van der Waals surface area contributed by atoms with E-state index in [-0.39, 0.29) is 10.8 Å². The number of aryl methyl sites for hydroxylation is 1. The number of amides is 1. The summed E-state index contributed by atoms with van der Waals surface area (Å²) in [5.74, 6) is -0.0459. The SMILES string of the molecule is CC1=C(c2ccc(F)cc2)S(=O)(=O)N=C1N1CCCN(C(=O)c2ccc(C)cc2)CC1. The van der Waals surface area contributed by atoms with Crippen LogP contribution in [0.1, 0.15) is 34.8 Å². The van der Waals surface area contributed by atoms with Crippen molar-refractivity contribution in [2.24, 2.45) is 4.40 Å². The van der Waals surface area contributed by atoms with Gasteiger partial charge < -0.3 is 9.80 Å². The highest BCUT2D eigenvalue weighted by molar-refractivity contribution is 8.00. The minimum absolute atomic E-state index is 0.0258. The molecule has 1 amide bonds. The van der Waals surface area contributed by atoms with Crippen LogP contribution in [-0.2, 0) is 10.0 Å². The fraction of sp³-hybridized carbons (Fsp3) is 0.304. The van der Waals surface area contributed by atoms with Crippen LogP contribution in [0.4, 0.5) is 4.39 Å². The standard InChI is InChI=1S/C23H24FN3O3S/c1-16-4-6-19(7-5-16)23(28)27-13-3-12-26(14-15-27)22-17(2)21(31(29,30)25-22)18-8-10-20(24)11-9-18/h4-11H,3,12-15H2,1-2H3. The van der Waals surface area contributed by atoms with E-state index in [0.29, 0.717) is 55.1 Å². The van der Waals surface area contributed by atoms with Gasteiger partial charge in [0.2, 0.25) is 0 Å². The molecule has 2 aliphatic heterocycles. The van der Waals surface area contributed by atoms with Crippen molar-refractivity contribution in [2.75, 3.05) is 26.2 Å². The summed E-state index contributed by atoms with van der Waals surface area (Å²) in [6.07, 6.45) is 0.704. The summed E-state index contributed by atoms with van der Waals surface area (Å²) in [4.78, 5) is 16.7. The zero-order valence-corrected chi connectivity index (χ0v) is 18.3. The lowest BCUT2D eigenvalue weighted by atomic mass is 10.1. The van der Waals surface area contributed by atoms with Gasteiger partial charge in [-0.1, -0.05) is 29.8 Å². The second kappa shape index (κ2) is 8.26. The van der Waals surface area contributed by atoms with E-state index in [9.17, 15) is 17.6 Å². The van der Waals surface area contributed by atoms with Gasteiger partial charge in [0.15, 0.2) is 0 Å². The topological polar surface area (TPSA) is 70.1 Å². The first-order chi connectivity index (χ1) is 14.8. The Morgan fingerprint density at radius 1 is 0.935 bits per heavy atom. The van der Waals surface area contributed by atoms with Gasteiger partial charge in [0, 0.05) is 37.3 Å². The van der Waals surface area contributed by atoms with E-state index in [1.165, 1.54) is 24.3 Å². The van der Waals surface area contributed by atoms with E-state index in [1.54, 1.807) is 11.8 Å². The molecule has 0 saturated carbocycles. The van der Waals surface area contributed by atoms with Crippen LogP contribution in [0.25, 0.3) is 4.91 Å². The number of sulfonamides is 1. The number of benzene rings is 2. The highest BCUT2D eigenvalue weighted by Crippen LogP contribution is 2.34. The van der Waals surface area contributed by atoms with Crippen LogP contribution in [0.15, 0.2) is 58.5 Å². The Labute approximate surface area is 181 Å². The second-order valence-corrected chi connectivity index (χ2v) is 9.39. The van der Waals surface area contributed by atoms with E-state index < -0.39 is 15.8 Å². The van der Waals surface area contributed by atoms with Crippen molar-refractivity contribution in [1.29, 1.82) is 0 Å². The van der Waals surface area contributed by atoms with Crippen molar-refractivity contribution >= 4 is 26.7 Å². The van der Waals surface area contributed by atoms with Gasteiger partial charge in [-0.3, -0.25) is 4.79 Å². The molecular formula is C23H24FN3O3S. The van der Waals surface area contributed by atoms with Gasteiger partial charge in [-0.25, -0.2) is 4.39 Å². The number of carbonyl (C=O) groups excluding carboxylic acids is 1. The fourth-order valence-electron chi connectivity index (χ4n) is 4.00. The van der Waals surface area contributed by atoms with E-state index in [1.807, 2.05) is 36.1 Å². The molecule has 0 atom stereocenters. The van der Waals surface area contributed by atoms with Crippen molar-refractivity contribution in [1.82, 2.24) is 9.80 Å². The van der Waals surface area contributed by atoms with Gasteiger partial charge >= 0.3 is 0 Å². The summed E-state index contributed by atoms with van der Waals surface area (Å²) in [6, 6.07) is 12.9. The van der Waals surface area contributed by atoms with Gasteiger partial charge in [-0.05, 0) is 50.1 Å². The number of rotatable bonds is 2. The minimum atomic E-state index is -3.87. The predicted molar refractivity (Wildman–Crippen MR) is 119 cm³/mol. The molecule has 0 N–H and O–H groups in total. The van der Waals surface area contributed by atoms with Gasteiger partial charge in [-0.15, -0.1) is 4.40 Å². The maximum atomic E-state index is 13.3. The molecule has 2 aromatic carbocycles. The molecule has 0 spiro atoms. The lowest BCUT2D eigenvalue weighted by Crippen LogP contribution is -2.37. The van der Waals surface area contributed by atoms with E-state index in [2.05, 4.69) is 4.40 Å². The Balaban J connectivity index is 1.54. The molecule has 8 heteroatoms. The fourth-order valence-corrected chi connectivity index (χ4v) is 5.48. The number of nitrogens with zero attached hydrogens (tertiary/aromatic N) is 3. The summed E-state index contributed by atoms with van der Waals surface area (Å²) < 4.78 is 42.8. The Hall–Kier alpha value is -3.00. The largest absolute Gasteiger partial charge is 0.354 e. The highest BCUT2D eigenvalue weighted by atomic mass is 32.2. The van der Waals surface area contributed by atoms with Crippen LogP contribution < -0.4 is 0 Å².